The van der Waals surface area contributed by atoms with Crippen molar-refractivity contribution in [1.29, 1.82) is 15.8 Å². The van der Waals surface area contributed by atoms with E-state index >= 15 is 0 Å². The lowest BCUT2D eigenvalue weighted by atomic mass is 9.58. The maximum atomic E-state index is 10.1. The summed E-state index contributed by atoms with van der Waals surface area (Å²) in [6.07, 6.45) is 3.02. The van der Waals surface area contributed by atoms with Crippen LogP contribution in [0.5, 0.6) is 11.5 Å². The van der Waals surface area contributed by atoms with Crippen molar-refractivity contribution in [3.05, 3.63) is 46.7 Å². The molecule has 146 valence electrons. The van der Waals surface area contributed by atoms with E-state index in [2.05, 4.69) is 30.0 Å². The van der Waals surface area contributed by atoms with Gasteiger partial charge in [0, 0.05) is 24.9 Å². The maximum Gasteiger partial charge on any atom is 0.231 e. The number of benzene rings is 1. The van der Waals surface area contributed by atoms with Crippen LogP contribution in [0.15, 0.2) is 41.1 Å². The fourth-order valence-electron chi connectivity index (χ4n) is 4.72. The third-order valence-electron chi connectivity index (χ3n) is 6.04. The van der Waals surface area contributed by atoms with E-state index in [4.69, 9.17) is 15.2 Å². The van der Waals surface area contributed by atoms with Crippen LogP contribution in [0.2, 0.25) is 0 Å². The summed E-state index contributed by atoms with van der Waals surface area (Å²) in [7, 11) is 0. The van der Waals surface area contributed by atoms with Crippen molar-refractivity contribution in [1.82, 2.24) is 4.90 Å². The first kappa shape index (κ1) is 18.9. The summed E-state index contributed by atoms with van der Waals surface area (Å²) in [4.78, 5) is 2.28. The summed E-state index contributed by atoms with van der Waals surface area (Å²) in [5, 5.41) is 30.0. The second-order valence-electron chi connectivity index (χ2n) is 7.55. The second kappa shape index (κ2) is 7.17. The Hall–Kier alpha value is -3.47. The number of fused-ring (bicyclic) bond motifs is 2. The molecule has 1 aromatic rings. The predicted octanol–water partition coefficient (Wildman–Crippen LogP) is 2.55. The zero-order valence-electron chi connectivity index (χ0n) is 16.2. The highest BCUT2D eigenvalue weighted by Gasteiger charge is 2.54. The Kier molecular flexibility index (Phi) is 4.66. The molecule has 2 atom stereocenters. The lowest BCUT2D eigenvalue weighted by Crippen LogP contribution is -2.48. The van der Waals surface area contributed by atoms with Gasteiger partial charge in [0.1, 0.15) is 6.07 Å². The van der Waals surface area contributed by atoms with Gasteiger partial charge in [-0.1, -0.05) is 19.1 Å². The highest BCUT2D eigenvalue weighted by Crippen LogP contribution is 2.55. The van der Waals surface area contributed by atoms with Crippen LogP contribution in [0.4, 0.5) is 0 Å². The van der Waals surface area contributed by atoms with Crippen molar-refractivity contribution in [2.75, 3.05) is 26.4 Å². The van der Waals surface area contributed by atoms with Gasteiger partial charge < -0.3 is 15.2 Å². The van der Waals surface area contributed by atoms with Gasteiger partial charge in [-0.15, -0.1) is 0 Å². The molecule has 0 radical (unpaired) electrons. The van der Waals surface area contributed by atoms with Gasteiger partial charge in [-0.25, -0.2) is 0 Å². The first-order valence-corrected chi connectivity index (χ1v) is 9.64. The van der Waals surface area contributed by atoms with Crippen molar-refractivity contribution in [2.24, 2.45) is 17.1 Å². The first-order valence-electron chi connectivity index (χ1n) is 9.64. The zero-order chi connectivity index (χ0) is 20.6. The van der Waals surface area contributed by atoms with E-state index in [0.717, 1.165) is 30.6 Å². The number of hydrogen-bond acceptors (Lipinski definition) is 7. The molecule has 3 aliphatic rings. The van der Waals surface area contributed by atoms with Crippen LogP contribution in [0.1, 0.15) is 24.8 Å². The Morgan fingerprint density at radius 1 is 1.21 bits per heavy atom. The van der Waals surface area contributed by atoms with Gasteiger partial charge in [0.15, 0.2) is 16.9 Å². The smallest absolute Gasteiger partial charge is 0.231 e. The Labute approximate surface area is 169 Å². The minimum Gasteiger partial charge on any atom is -0.454 e. The number of rotatable bonds is 3. The molecule has 4 rings (SSSR count). The maximum absolute atomic E-state index is 10.1. The van der Waals surface area contributed by atoms with Crippen LogP contribution in [-0.2, 0) is 0 Å². The molecule has 1 aliphatic carbocycles. The van der Waals surface area contributed by atoms with Crippen molar-refractivity contribution < 1.29 is 9.47 Å². The Balaban J connectivity index is 1.93. The number of nitrogens with zero attached hydrogens (tertiary/aromatic N) is 4. The third-order valence-corrected chi connectivity index (χ3v) is 6.04. The molecule has 1 aromatic carbocycles. The molecule has 0 spiro atoms. The molecule has 2 N–H and O–H groups in total. The summed E-state index contributed by atoms with van der Waals surface area (Å²) in [6, 6.07) is 12.0. The molecule has 2 heterocycles. The van der Waals surface area contributed by atoms with E-state index < -0.39 is 11.3 Å². The monoisotopic (exact) mass is 387 g/mol. The quantitative estimate of drug-likeness (QED) is 0.846. The summed E-state index contributed by atoms with van der Waals surface area (Å²) >= 11 is 0. The Morgan fingerprint density at radius 2 is 1.97 bits per heavy atom. The summed E-state index contributed by atoms with van der Waals surface area (Å²) in [6.45, 7) is 4.54. The van der Waals surface area contributed by atoms with Gasteiger partial charge >= 0.3 is 0 Å². The highest BCUT2D eigenvalue weighted by molar-refractivity contribution is 5.60. The SMILES string of the molecule is CCCN1CC=C2C(C#N)=C(N)C(C#N)(C#N)[C@H](c3ccc4c(c3)OCO4)[C@@H]2C1. The molecule has 0 amide bonds. The molecule has 0 bridgehead atoms. The molecule has 7 heteroatoms. The average molecular weight is 387 g/mol. The number of hydrogen-bond donors (Lipinski definition) is 1. The Bertz CT molecular complexity index is 1020. The fraction of sp³-hybridized carbons (Fsp3) is 0.409. The van der Waals surface area contributed by atoms with E-state index in [1.54, 1.807) is 6.07 Å². The van der Waals surface area contributed by atoms with Gasteiger partial charge in [0.05, 0.1) is 23.4 Å². The normalized spacial score (nSPS) is 24.7. The standard InChI is InChI=1S/C22H21N5O2/c1-2-6-27-7-5-15-16(9-23)21(26)22(11-24,12-25)20(17(15)10-27)14-3-4-18-19(8-14)29-13-28-18/h3-5,8,17,20H,2,6-7,10,13,26H2,1H3/t17-,20-/m1/s1. The molecule has 0 saturated heterocycles. The molecule has 2 aliphatic heterocycles. The summed E-state index contributed by atoms with van der Waals surface area (Å²) in [5.41, 5.74) is 6.63. The summed E-state index contributed by atoms with van der Waals surface area (Å²) in [5.74, 6) is 0.511. The lowest BCUT2D eigenvalue weighted by Gasteiger charge is -2.45. The van der Waals surface area contributed by atoms with Crippen LogP contribution in [0.3, 0.4) is 0 Å². The second-order valence-corrected chi connectivity index (χ2v) is 7.55. The highest BCUT2D eigenvalue weighted by atomic mass is 16.7. The van der Waals surface area contributed by atoms with Gasteiger partial charge in [0.2, 0.25) is 6.79 Å². The van der Waals surface area contributed by atoms with Crippen LogP contribution in [0, 0.1) is 45.3 Å². The van der Waals surface area contributed by atoms with Crippen molar-refractivity contribution in [3.63, 3.8) is 0 Å². The molecular formula is C22H21N5O2. The molecule has 7 nitrogen and oxygen atoms in total. The summed E-state index contributed by atoms with van der Waals surface area (Å²) < 4.78 is 10.9. The van der Waals surface area contributed by atoms with E-state index in [-0.39, 0.29) is 24.0 Å². The predicted molar refractivity (Wildman–Crippen MR) is 104 cm³/mol. The lowest BCUT2D eigenvalue weighted by molar-refractivity contribution is 0.173. The number of allylic oxidation sites excluding steroid dienone is 2. The molecule has 0 aromatic heterocycles. The largest absolute Gasteiger partial charge is 0.454 e. The number of nitriles is 3. The van der Waals surface area contributed by atoms with Gasteiger partial charge in [-0.05, 0) is 36.2 Å². The van der Waals surface area contributed by atoms with Crippen LogP contribution in [-0.4, -0.2) is 31.3 Å². The van der Waals surface area contributed by atoms with E-state index in [1.807, 2.05) is 18.2 Å². The Morgan fingerprint density at radius 3 is 2.66 bits per heavy atom. The molecular weight excluding hydrogens is 366 g/mol. The number of ether oxygens (including phenoxy) is 2. The van der Waals surface area contributed by atoms with Gasteiger partial charge in [-0.2, -0.15) is 15.8 Å². The van der Waals surface area contributed by atoms with E-state index in [9.17, 15) is 15.8 Å². The zero-order valence-corrected chi connectivity index (χ0v) is 16.2. The molecule has 0 fully saturated rings. The van der Waals surface area contributed by atoms with Crippen molar-refractivity contribution in [2.45, 2.75) is 19.3 Å². The van der Waals surface area contributed by atoms with E-state index in [1.165, 1.54) is 0 Å². The molecule has 0 unspecified atom stereocenters. The van der Waals surface area contributed by atoms with E-state index in [0.29, 0.717) is 18.0 Å². The molecule has 29 heavy (non-hydrogen) atoms. The van der Waals surface area contributed by atoms with Crippen molar-refractivity contribution >= 4 is 0 Å². The van der Waals surface area contributed by atoms with Gasteiger partial charge in [-0.3, -0.25) is 4.90 Å². The van der Waals surface area contributed by atoms with Crippen LogP contribution >= 0.6 is 0 Å². The topological polar surface area (TPSA) is 119 Å². The van der Waals surface area contributed by atoms with Crippen LogP contribution in [0.25, 0.3) is 0 Å². The number of nitrogens with two attached hydrogens (primary N) is 1. The molecule has 0 saturated carbocycles. The average Bonchev–Trinajstić information content (AvgIpc) is 3.21. The third kappa shape index (κ3) is 2.73. The fourth-order valence-corrected chi connectivity index (χ4v) is 4.72. The minimum atomic E-state index is -1.63. The van der Waals surface area contributed by atoms with Crippen LogP contribution < -0.4 is 15.2 Å². The first-order chi connectivity index (χ1) is 14.1. The van der Waals surface area contributed by atoms with Crippen molar-refractivity contribution in [3.8, 4) is 29.7 Å². The van der Waals surface area contributed by atoms with Gasteiger partial charge in [0.25, 0.3) is 0 Å². The minimum absolute atomic E-state index is 0.0408.